The van der Waals surface area contributed by atoms with Crippen LogP contribution in [0.5, 0.6) is 0 Å². The molecular formula is C18H29N3O. The molecule has 1 aromatic heterocycles. The fourth-order valence-corrected chi connectivity index (χ4v) is 4.21. The predicted molar refractivity (Wildman–Crippen MR) is 88.8 cm³/mol. The van der Waals surface area contributed by atoms with Gasteiger partial charge in [0.05, 0.1) is 11.3 Å². The lowest BCUT2D eigenvalue weighted by molar-refractivity contribution is -0.0928. The molecule has 2 aliphatic rings. The van der Waals surface area contributed by atoms with Crippen molar-refractivity contribution < 1.29 is 5.11 Å². The highest BCUT2D eigenvalue weighted by Crippen LogP contribution is 2.34. The predicted octanol–water partition coefficient (Wildman–Crippen LogP) is 2.42. The average molecular weight is 303 g/mol. The van der Waals surface area contributed by atoms with Crippen molar-refractivity contribution in [3.63, 3.8) is 0 Å². The second kappa shape index (κ2) is 6.65. The third-order valence-corrected chi connectivity index (χ3v) is 5.46. The molecule has 122 valence electrons. The first kappa shape index (κ1) is 15.9. The van der Waals surface area contributed by atoms with Crippen LogP contribution in [0.15, 0.2) is 18.3 Å². The molecule has 3 rings (SSSR count). The molecule has 22 heavy (non-hydrogen) atoms. The van der Waals surface area contributed by atoms with Crippen molar-refractivity contribution in [2.75, 3.05) is 19.6 Å². The van der Waals surface area contributed by atoms with E-state index < -0.39 is 5.60 Å². The Kier molecular flexibility index (Phi) is 4.81. The lowest BCUT2D eigenvalue weighted by Gasteiger charge is -2.49. The molecule has 0 unspecified atom stereocenters. The van der Waals surface area contributed by atoms with Gasteiger partial charge in [-0.05, 0) is 64.3 Å². The zero-order valence-electron chi connectivity index (χ0n) is 13.9. The van der Waals surface area contributed by atoms with Crippen LogP contribution in [0, 0.1) is 6.92 Å². The van der Waals surface area contributed by atoms with E-state index in [1.165, 1.54) is 18.4 Å². The van der Waals surface area contributed by atoms with Gasteiger partial charge >= 0.3 is 0 Å². The Balaban J connectivity index is 1.65. The summed E-state index contributed by atoms with van der Waals surface area (Å²) in [5, 5.41) is 14.8. The number of nitrogens with zero attached hydrogens (tertiary/aromatic N) is 2. The minimum atomic E-state index is -0.588. The van der Waals surface area contributed by atoms with E-state index in [-0.39, 0.29) is 6.04 Å². The number of aromatic nitrogens is 1. The maximum Gasteiger partial charge on any atom is 0.0926 e. The van der Waals surface area contributed by atoms with Crippen LogP contribution in [0.2, 0.25) is 0 Å². The fraction of sp³-hybridized carbons (Fsp3) is 0.722. The Labute approximate surface area is 133 Å². The number of hydrogen-bond acceptors (Lipinski definition) is 4. The van der Waals surface area contributed by atoms with Gasteiger partial charge in [-0.2, -0.15) is 0 Å². The first-order chi connectivity index (χ1) is 10.6. The highest BCUT2D eigenvalue weighted by molar-refractivity contribution is 5.20. The van der Waals surface area contributed by atoms with Gasteiger partial charge in [-0.15, -0.1) is 0 Å². The summed E-state index contributed by atoms with van der Waals surface area (Å²) in [7, 11) is 0. The van der Waals surface area contributed by atoms with Crippen LogP contribution in [-0.4, -0.2) is 46.3 Å². The third-order valence-electron chi connectivity index (χ3n) is 5.46. The van der Waals surface area contributed by atoms with Gasteiger partial charge in [-0.3, -0.25) is 9.88 Å². The molecular weight excluding hydrogens is 274 g/mol. The molecule has 0 radical (unpaired) electrons. The number of pyridine rings is 1. The van der Waals surface area contributed by atoms with E-state index in [2.05, 4.69) is 35.1 Å². The van der Waals surface area contributed by atoms with E-state index in [0.29, 0.717) is 12.6 Å². The summed E-state index contributed by atoms with van der Waals surface area (Å²) in [5.74, 6) is 0. The van der Waals surface area contributed by atoms with Gasteiger partial charge in [0.25, 0.3) is 0 Å². The minimum Gasteiger partial charge on any atom is -0.387 e. The Hall–Kier alpha value is -0.970. The highest BCUT2D eigenvalue weighted by atomic mass is 16.3. The van der Waals surface area contributed by atoms with Crippen LogP contribution in [0.4, 0.5) is 0 Å². The van der Waals surface area contributed by atoms with Gasteiger partial charge in [0, 0.05) is 24.8 Å². The summed E-state index contributed by atoms with van der Waals surface area (Å²) in [6.07, 6.45) is 7.52. The maximum absolute atomic E-state index is 11.2. The molecule has 2 N–H and O–H groups in total. The van der Waals surface area contributed by atoms with Gasteiger partial charge in [0.15, 0.2) is 0 Å². The quantitative estimate of drug-likeness (QED) is 0.897. The summed E-state index contributed by atoms with van der Waals surface area (Å²) in [5.41, 5.74) is 1.70. The molecule has 3 heterocycles. The van der Waals surface area contributed by atoms with E-state index in [9.17, 15) is 5.11 Å². The van der Waals surface area contributed by atoms with E-state index >= 15 is 0 Å². The van der Waals surface area contributed by atoms with E-state index in [0.717, 1.165) is 38.0 Å². The maximum atomic E-state index is 11.2. The van der Waals surface area contributed by atoms with Crippen molar-refractivity contribution in [3.8, 4) is 0 Å². The monoisotopic (exact) mass is 303 g/mol. The molecule has 3 atom stereocenters. The third kappa shape index (κ3) is 3.19. The van der Waals surface area contributed by atoms with E-state index in [4.69, 9.17) is 0 Å². The summed E-state index contributed by atoms with van der Waals surface area (Å²) >= 11 is 0. The minimum absolute atomic E-state index is 0.171. The van der Waals surface area contributed by atoms with Crippen molar-refractivity contribution in [2.24, 2.45) is 0 Å². The van der Waals surface area contributed by atoms with Gasteiger partial charge in [0.1, 0.15) is 0 Å². The van der Waals surface area contributed by atoms with Crippen LogP contribution in [0.1, 0.15) is 56.3 Å². The van der Waals surface area contributed by atoms with Crippen molar-refractivity contribution in [2.45, 2.75) is 63.6 Å². The van der Waals surface area contributed by atoms with Crippen molar-refractivity contribution in [1.29, 1.82) is 0 Å². The lowest BCUT2D eigenvalue weighted by atomic mass is 9.79. The number of hydrogen-bond donors (Lipinski definition) is 2. The van der Waals surface area contributed by atoms with Gasteiger partial charge in [-0.25, -0.2) is 0 Å². The number of nitrogens with one attached hydrogen (secondary N) is 1. The van der Waals surface area contributed by atoms with Crippen LogP contribution in [-0.2, 0) is 0 Å². The number of fused-ring (bicyclic) bond motifs is 1. The zero-order valence-corrected chi connectivity index (χ0v) is 13.9. The molecule has 0 saturated carbocycles. The van der Waals surface area contributed by atoms with Crippen molar-refractivity contribution in [3.05, 3.63) is 29.6 Å². The van der Waals surface area contributed by atoms with Crippen LogP contribution < -0.4 is 5.32 Å². The van der Waals surface area contributed by atoms with E-state index in [1.807, 2.05) is 12.3 Å². The first-order valence-electron chi connectivity index (χ1n) is 8.71. The topological polar surface area (TPSA) is 48.4 Å². The molecule has 4 heteroatoms. The molecule has 2 aliphatic heterocycles. The molecule has 2 fully saturated rings. The van der Waals surface area contributed by atoms with Crippen LogP contribution in [0.3, 0.4) is 0 Å². The number of piperidine rings is 2. The summed E-state index contributed by atoms with van der Waals surface area (Å²) in [6, 6.07) is 4.57. The smallest absolute Gasteiger partial charge is 0.0926 e. The molecule has 0 spiro atoms. The summed E-state index contributed by atoms with van der Waals surface area (Å²) in [6.45, 7) is 7.20. The van der Waals surface area contributed by atoms with Gasteiger partial charge < -0.3 is 10.4 Å². The normalized spacial score (nSPS) is 30.8. The van der Waals surface area contributed by atoms with Gasteiger partial charge in [0.2, 0.25) is 0 Å². The Bertz CT molecular complexity index is 505. The SMILES string of the molecule is Cc1cccnc1[C@H](C)NC[C@]1(O)CCCN2CCCC[C@@H]21. The highest BCUT2D eigenvalue weighted by Gasteiger charge is 2.43. The lowest BCUT2D eigenvalue weighted by Crippen LogP contribution is -2.62. The van der Waals surface area contributed by atoms with Crippen LogP contribution >= 0.6 is 0 Å². The fourth-order valence-electron chi connectivity index (χ4n) is 4.21. The average Bonchev–Trinajstić information content (AvgIpc) is 2.54. The number of rotatable bonds is 4. The van der Waals surface area contributed by atoms with Gasteiger partial charge in [-0.1, -0.05) is 12.5 Å². The van der Waals surface area contributed by atoms with Crippen molar-refractivity contribution in [1.82, 2.24) is 15.2 Å². The van der Waals surface area contributed by atoms with Crippen molar-refractivity contribution >= 4 is 0 Å². The molecule has 4 nitrogen and oxygen atoms in total. The second-order valence-corrected chi connectivity index (χ2v) is 7.06. The number of aliphatic hydroxyl groups is 1. The zero-order chi connectivity index (χ0) is 15.6. The van der Waals surface area contributed by atoms with E-state index in [1.54, 1.807) is 0 Å². The molecule has 2 saturated heterocycles. The summed E-state index contributed by atoms with van der Waals surface area (Å²) in [4.78, 5) is 7.00. The first-order valence-corrected chi connectivity index (χ1v) is 8.71. The largest absolute Gasteiger partial charge is 0.387 e. The Morgan fingerprint density at radius 2 is 2.23 bits per heavy atom. The molecule has 0 aromatic carbocycles. The molecule has 0 aliphatic carbocycles. The van der Waals surface area contributed by atoms with Crippen LogP contribution in [0.25, 0.3) is 0 Å². The summed E-state index contributed by atoms with van der Waals surface area (Å²) < 4.78 is 0. The Morgan fingerprint density at radius 1 is 1.41 bits per heavy atom. The second-order valence-electron chi connectivity index (χ2n) is 7.06. The molecule has 0 amide bonds. The molecule has 1 aromatic rings. The Morgan fingerprint density at radius 3 is 3.05 bits per heavy atom. The standard InChI is InChI=1S/C18H29N3O/c1-14-7-5-10-19-17(14)15(2)20-13-18(22)9-6-12-21-11-4-3-8-16(18)21/h5,7,10,15-16,20,22H,3-4,6,8-9,11-13H2,1-2H3/t15-,16+,18+/m0/s1. The number of aryl methyl sites for hydroxylation is 1. The molecule has 0 bridgehead atoms.